The molecule has 0 fully saturated rings. The normalized spacial score (nSPS) is 16.3. The van der Waals surface area contributed by atoms with Crippen molar-refractivity contribution in [3.8, 4) is 11.8 Å². The van der Waals surface area contributed by atoms with Crippen molar-refractivity contribution in [3.63, 3.8) is 0 Å². The Labute approximate surface area is 95.4 Å². The Morgan fingerprint density at radius 3 is 3.07 bits per heavy atom. The Kier molecular flexibility index (Phi) is 3.47. The molecule has 0 saturated carbocycles. The lowest BCUT2D eigenvalue weighted by atomic mass is 10.2. The second kappa shape index (κ2) is 5.04. The van der Waals surface area contributed by atoms with Crippen LogP contribution < -0.4 is 0 Å². The number of hydrogen-bond acceptors (Lipinski definition) is 2. The molecular formula is C13H15NS. The van der Waals surface area contributed by atoms with Gasteiger partial charge in [0.1, 0.15) is 0 Å². The van der Waals surface area contributed by atoms with Crippen LogP contribution in [0.4, 0.5) is 0 Å². The molecule has 15 heavy (non-hydrogen) atoms. The lowest BCUT2D eigenvalue weighted by Gasteiger charge is -2.15. The van der Waals surface area contributed by atoms with Crippen LogP contribution in [0.25, 0.3) is 0 Å². The summed E-state index contributed by atoms with van der Waals surface area (Å²) in [5.41, 5.74) is 1.18. The minimum atomic E-state index is 1.13. The lowest BCUT2D eigenvalue weighted by Crippen LogP contribution is -2.16. The van der Waals surface area contributed by atoms with Gasteiger partial charge >= 0.3 is 0 Å². The summed E-state index contributed by atoms with van der Waals surface area (Å²) in [5.74, 6) is 6.47. The average molecular weight is 217 g/mol. The summed E-state index contributed by atoms with van der Waals surface area (Å²) in [6, 6.07) is 4.11. The summed E-state index contributed by atoms with van der Waals surface area (Å²) in [6.45, 7) is 1.13. The average Bonchev–Trinajstić information content (AvgIpc) is 2.67. The van der Waals surface area contributed by atoms with E-state index in [1.54, 1.807) is 11.3 Å². The van der Waals surface area contributed by atoms with Crippen LogP contribution in [-0.2, 0) is 0 Å². The van der Waals surface area contributed by atoms with E-state index in [1.807, 2.05) is 6.07 Å². The van der Waals surface area contributed by atoms with Gasteiger partial charge in [-0.05, 0) is 42.5 Å². The summed E-state index contributed by atoms with van der Waals surface area (Å²) < 4.78 is 0. The molecule has 0 saturated heterocycles. The predicted octanol–water partition coefficient (Wildman–Crippen LogP) is 3.10. The highest BCUT2D eigenvalue weighted by molar-refractivity contribution is 7.10. The molecule has 0 bridgehead atoms. The van der Waals surface area contributed by atoms with Crippen molar-refractivity contribution in [1.82, 2.24) is 4.90 Å². The van der Waals surface area contributed by atoms with Crippen molar-refractivity contribution in [2.45, 2.75) is 19.3 Å². The van der Waals surface area contributed by atoms with E-state index in [9.17, 15) is 0 Å². The van der Waals surface area contributed by atoms with Crippen molar-refractivity contribution in [3.05, 3.63) is 34.2 Å². The van der Waals surface area contributed by atoms with Crippen LogP contribution in [-0.4, -0.2) is 18.5 Å². The first-order valence-corrected chi connectivity index (χ1v) is 6.21. The zero-order chi connectivity index (χ0) is 10.5. The molecule has 0 radical (unpaired) electrons. The maximum absolute atomic E-state index is 3.26. The third-order valence-corrected chi connectivity index (χ3v) is 3.32. The van der Waals surface area contributed by atoms with Gasteiger partial charge in [0.2, 0.25) is 0 Å². The van der Waals surface area contributed by atoms with Gasteiger partial charge in [-0.15, -0.1) is 11.3 Å². The summed E-state index contributed by atoms with van der Waals surface area (Å²) >= 11 is 1.70. The topological polar surface area (TPSA) is 3.24 Å². The highest BCUT2D eigenvalue weighted by Gasteiger charge is 2.04. The van der Waals surface area contributed by atoms with Gasteiger partial charge < -0.3 is 4.90 Å². The molecule has 0 N–H and O–H groups in total. The van der Waals surface area contributed by atoms with Gasteiger partial charge in [-0.25, -0.2) is 0 Å². The monoisotopic (exact) mass is 217 g/mol. The number of rotatable bonds is 0. The number of hydrogen-bond donors (Lipinski definition) is 0. The molecule has 2 heterocycles. The second-order valence-electron chi connectivity index (χ2n) is 3.73. The van der Waals surface area contributed by atoms with Crippen LogP contribution in [0.1, 0.15) is 24.1 Å². The summed E-state index contributed by atoms with van der Waals surface area (Å²) in [5, 5.41) is 2.06. The fourth-order valence-corrected chi connectivity index (χ4v) is 2.20. The Hall–Kier alpha value is -1.20. The zero-order valence-electron chi connectivity index (χ0n) is 8.99. The first-order chi connectivity index (χ1) is 7.36. The number of allylic oxidation sites excluding steroid dienone is 2. The Balaban J connectivity index is 2.12. The van der Waals surface area contributed by atoms with Gasteiger partial charge in [-0.2, -0.15) is 0 Å². The third kappa shape index (κ3) is 2.87. The molecule has 0 spiro atoms. The Morgan fingerprint density at radius 1 is 1.33 bits per heavy atom. The molecule has 0 unspecified atom stereocenters. The van der Waals surface area contributed by atoms with E-state index in [1.165, 1.54) is 25.0 Å². The SMILES string of the molecule is CN1CCCCC=C1C#Cc1cccs1. The molecule has 78 valence electrons. The lowest BCUT2D eigenvalue weighted by molar-refractivity contribution is 0.430. The maximum Gasteiger partial charge on any atom is 0.0840 e. The molecule has 1 aliphatic heterocycles. The minimum absolute atomic E-state index is 1.13. The molecule has 2 rings (SSSR count). The smallest absolute Gasteiger partial charge is 0.0840 e. The molecular weight excluding hydrogens is 202 g/mol. The van der Waals surface area contributed by atoms with Crippen LogP contribution in [0.15, 0.2) is 29.3 Å². The maximum atomic E-state index is 3.26. The molecule has 2 heteroatoms. The second-order valence-corrected chi connectivity index (χ2v) is 4.68. The van der Waals surface area contributed by atoms with Crippen LogP contribution in [0, 0.1) is 11.8 Å². The standard InChI is InChI=1S/C13H15NS/c1-14-10-4-2-3-6-12(14)8-9-13-7-5-11-15-13/h5-7,11H,2-4,10H2,1H3. The largest absolute Gasteiger partial charge is 0.368 e. The van der Waals surface area contributed by atoms with Crippen molar-refractivity contribution in [1.29, 1.82) is 0 Å². The van der Waals surface area contributed by atoms with Gasteiger partial charge in [0.25, 0.3) is 0 Å². The number of thiophene rings is 1. The molecule has 0 aromatic carbocycles. The Bertz CT molecular complexity index is 392. The van der Waals surface area contributed by atoms with Gasteiger partial charge in [-0.1, -0.05) is 12.1 Å². The predicted molar refractivity (Wildman–Crippen MR) is 65.8 cm³/mol. The van der Waals surface area contributed by atoms with Crippen LogP contribution >= 0.6 is 11.3 Å². The van der Waals surface area contributed by atoms with Crippen LogP contribution in [0.5, 0.6) is 0 Å². The van der Waals surface area contributed by atoms with Gasteiger partial charge in [0, 0.05) is 13.6 Å². The third-order valence-electron chi connectivity index (χ3n) is 2.53. The summed E-state index contributed by atoms with van der Waals surface area (Å²) in [4.78, 5) is 3.40. The van der Waals surface area contributed by atoms with Crippen molar-refractivity contribution in [2.24, 2.45) is 0 Å². The van der Waals surface area contributed by atoms with E-state index in [-0.39, 0.29) is 0 Å². The molecule has 1 aliphatic rings. The molecule has 0 aliphatic carbocycles. The van der Waals surface area contributed by atoms with Crippen LogP contribution in [0.3, 0.4) is 0 Å². The Morgan fingerprint density at radius 2 is 2.27 bits per heavy atom. The fraction of sp³-hybridized carbons (Fsp3) is 0.385. The van der Waals surface area contributed by atoms with Gasteiger partial charge in [-0.3, -0.25) is 0 Å². The van der Waals surface area contributed by atoms with E-state index in [2.05, 4.69) is 41.3 Å². The first-order valence-electron chi connectivity index (χ1n) is 5.33. The molecule has 0 atom stereocenters. The van der Waals surface area contributed by atoms with Crippen molar-refractivity contribution < 1.29 is 0 Å². The fourth-order valence-electron chi connectivity index (χ4n) is 1.63. The van der Waals surface area contributed by atoms with E-state index in [0.29, 0.717) is 0 Å². The molecule has 0 amide bonds. The highest BCUT2D eigenvalue weighted by Crippen LogP contribution is 2.12. The minimum Gasteiger partial charge on any atom is -0.368 e. The molecule has 1 aromatic heterocycles. The van der Waals surface area contributed by atoms with E-state index >= 15 is 0 Å². The quantitative estimate of drug-likeness (QED) is 0.604. The summed E-state index contributed by atoms with van der Waals surface area (Å²) in [7, 11) is 2.13. The van der Waals surface area contributed by atoms with Gasteiger partial charge in [0.15, 0.2) is 0 Å². The van der Waals surface area contributed by atoms with E-state index in [0.717, 1.165) is 11.4 Å². The zero-order valence-corrected chi connectivity index (χ0v) is 9.81. The van der Waals surface area contributed by atoms with Crippen molar-refractivity contribution >= 4 is 11.3 Å². The van der Waals surface area contributed by atoms with Crippen molar-refractivity contribution in [2.75, 3.05) is 13.6 Å². The van der Waals surface area contributed by atoms with Gasteiger partial charge in [0.05, 0.1) is 10.6 Å². The molecule has 1 nitrogen and oxygen atoms in total. The first kappa shape index (κ1) is 10.3. The summed E-state index contributed by atoms with van der Waals surface area (Å²) in [6.07, 6.45) is 5.98. The highest BCUT2D eigenvalue weighted by atomic mass is 32.1. The number of nitrogens with zero attached hydrogens (tertiary/aromatic N) is 1. The van der Waals surface area contributed by atoms with E-state index in [4.69, 9.17) is 0 Å². The molecule has 1 aromatic rings. The van der Waals surface area contributed by atoms with Crippen LogP contribution in [0.2, 0.25) is 0 Å². The van der Waals surface area contributed by atoms with E-state index < -0.39 is 0 Å².